The number of halogens is 1. The molecule has 0 spiro atoms. The summed E-state index contributed by atoms with van der Waals surface area (Å²) in [5.41, 5.74) is 7.05. The van der Waals surface area contributed by atoms with Gasteiger partial charge in [0, 0.05) is 6.04 Å². The molecule has 1 rings (SSSR count). The van der Waals surface area contributed by atoms with Crippen molar-refractivity contribution in [3.63, 3.8) is 0 Å². The maximum atomic E-state index is 9.66. The maximum absolute atomic E-state index is 9.66. The van der Waals surface area contributed by atoms with E-state index in [2.05, 4.69) is 22.9 Å². The third kappa shape index (κ3) is 3.39. The highest BCUT2D eigenvalue weighted by Gasteiger charge is 2.10. The molecule has 3 nitrogen and oxygen atoms in total. The third-order valence-electron chi connectivity index (χ3n) is 2.47. The zero-order valence-electron chi connectivity index (χ0n) is 9.66. The van der Waals surface area contributed by atoms with Gasteiger partial charge in [-0.3, -0.25) is 0 Å². The molecule has 0 aliphatic rings. The lowest BCUT2D eigenvalue weighted by molar-refractivity contribution is 0.371. The fourth-order valence-electron chi connectivity index (χ4n) is 1.68. The Morgan fingerprint density at radius 2 is 2.19 bits per heavy atom. The Labute approximate surface area is 105 Å². The number of nitrogens with two attached hydrogens (primary N) is 1. The third-order valence-corrected chi connectivity index (χ3v) is 3.07. The average Bonchev–Trinajstić information content (AvgIpc) is 2.23. The number of ether oxygens (including phenoxy) is 1. The van der Waals surface area contributed by atoms with Gasteiger partial charge < -0.3 is 15.6 Å². The number of hydrogen-bond donors (Lipinski definition) is 2. The Hall–Kier alpha value is -0.740. The van der Waals surface area contributed by atoms with Crippen LogP contribution in [-0.2, 0) is 6.42 Å². The zero-order valence-corrected chi connectivity index (χ0v) is 11.3. The molecule has 1 atom stereocenters. The van der Waals surface area contributed by atoms with Crippen molar-refractivity contribution in [2.45, 2.75) is 32.2 Å². The van der Waals surface area contributed by atoms with Crippen molar-refractivity contribution in [2.24, 2.45) is 5.73 Å². The molecular weight excluding hydrogens is 270 g/mol. The van der Waals surface area contributed by atoms with Crippen LogP contribution in [0.1, 0.15) is 25.3 Å². The summed E-state index contributed by atoms with van der Waals surface area (Å²) in [6.45, 7) is 2.12. The van der Waals surface area contributed by atoms with Gasteiger partial charge in [-0.15, -0.1) is 0 Å². The predicted molar refractivity (Wildman–Crippen MR) is 68.9 cm³/mol. The standard InChI is InChI=1S/C12H18BrNO2/c1-3-4-9(14)5-8-6-10(13)12(15)11(7-8)16-2/h6-7,9,15H,3-5,14H2,1-2H3. The lowest BCUT2D eigenvalue weighted by Crippen LogP contribution is -2.22. The fourth-order valence-corrected chi connectivity index (χ4v) is 2.17. The highest BCUT2D eigenvalue weighted by atomic mass is 79.9. The molecule has 0 saturated heterocycles. The molecule has 1 aromatic carbocycles. The summed E-state index contributed by atoms with van der Waals surface area (Å²) in [5, 5.41) is 9.66. The molecule has 4 heteroatoms. The first-order valence-corrected chi connectivity index (χ1v) is 6.18. The zero-order chi connectivity index (χ0) is 12.1. The van der Waals surface area contributed by atoms with Crippen LogP contribution >= 0.6 is 15.9 Å². The van der Waals surface area contributed by atoms with Crippen LogP contribution in [0.15, 0.2) is 16.6 Å². The number of hydrogen-bond acceptors (Lipinski definition) is 3. The molecule has 0 aliphatic carbocycles. The molecule has 0 fully saturated rings. The molecular formula is C12H18BrNO2. The van der Waals surface area contributed by atoms with Crippen molar-refractivity contribution in [3.8, 4) is 11.5 Å². The molecule has 0 saturated carbocycles. The Morgan fingerprint density at radius 3 is 2.75 bits per heavy atom. The molecule has 90 valence electrons. The van der Waals surface area contributed by atoms with Crippen LogP contribution < -0.4 is 10.5 Å². The lowest BCUT2D eigenvalue weighted by atomic mass is 10.0. The van der Waals surface area contributed by atoms with Crippen molar-refractivity contribution in [2.75, 3.05) is 7.11 Å². The smallest absolute Gasteiger partial charge is 0.172 e. The SMILES string of the molecule is CCCC(N)Cc1cc(Br)c(O)c(OC)c1. The van der Waals surface area contributed by atoms with Gasteiger partial charge in [-0.1, -0.05) is 13.3 Å². The molecule has 0 amide bonds. The molecule has 0 heterocycles. The summed E-state index contributed by atoms with van der Waals surface area (Å²) in [5.74, 6) is 0.614. The number of phenols is 1. The molecule has 1 unspecified atom stereocenters. The second kappa shape index (κ2) is 6.11. The normalized spacial score (nSPS) is 12.5. The minimum atomic E-state index is 0.135. The van der Waals surface area contributed by atoms with Crippen LogP contribution in [0.5, 0.6) is 11.5 Å². The van der Waals surface area contributed by atoms with Crippen LogP contribution in [0.3, 0.4) is 0 Å². The van der Waals surface area contributed by atoms with Crippen LogP contribution in [-0.4, -0.2) is 18.3 Å². The van der Waals surface area contributed by atoms with Crippen LogP contribution in [0, 0.1) is 0 Å². The predicted octanol–water partition coefficient (Wildman–Crippen LogP) is 2.83. The Kier molecular flexibility index (Phi) is 5.09. The van der Waals surface area contributed by atoms with Gasteiger partial charge in [-0.25, -0.2) is 0 Å². The van der Waals surface area contributed by atoms with Gasteiger partial charge in [0.05, 0.1) is 11.6 Å². The summed E-state index contributed by atoms with van der Waals surface area (Å²) in [6.07, 6.45) is 2.88. The maximum Gasteiger partial charge on any atom is 0.172 e. The minimum absolute atomic E-state index is 0.135. The minimum Gasteiger partial charge on any atom is -0.503 e. The quantitative estimate of drug-likeness (QED) is 0.876. The molecule has 0 aromatic heterocycles. The molecule has 0 radical (unpaired) electrons. The topological polar surface area (TPSA) is 55.5 Å². The van der Waals surface area contributed by atoms with Crippen LogP contribution in [0.25, 0.3) is 0 Å². The van der Waals surface area contributed by atoms with Crippen molar-refractivity contribution in [3.05, 3.63) is 22.2 Å². The van der Waals surface area contributed by atoms with Gasteiger partial charge in [0.15, 0.2) is 11.5 Å². The van der Waals surface area contributed by atoms with E-state index in [9.17, 15) is 5.11 Å². The number of aromatic hydroxyl groups is 1. The summed E-state index contributed by atoms with van der Waals surface area (Å²) in [6, 6.07) is 3.87. The Bertz CT molecular complexity index is 355. The van der Waals surface area contributed by atoms with Gasteiger partial charge in [0.2, 0.25) is 0 Å². The highest BCUT2D eigenvalue weighted by Crippen LogP contribution is 2.35. The first kappa shape index (κ1) is 13.3. The van der Waals surface area contributed by atoms with Gasteiger partial charge in [0.25, 0.3) is 0 Å². The molecule has 1 aromatic rings. The van der Waals surface area contributed by atoms with E-state index in [1.807, 2.05) is 12.1 Å². The molecule has 3 N–H and O–H groups in total. The summed E-state index contributed by atoms with van der Waals surface area (Å²) >= 11 is 3.30. The highest BCUT2D eigenvalue weighted by molar-refractivity contribution is 9.10. The molecule has 0 aliphatic heterocycles. The summed E-state index contributed by atoms with van der Waals surface area (Å²) in [4.78, 5) is 0. The van der Waals surface area contributed by atoms with E-state index in [-0.39, 0.29) is 11.8 Å². The molecule has 16 heavy (non-hydrogen) atoms. The van der Waals surface area contributed by atoms with Crippen molar-refractivity contribution < 1.29 is 9.84 Å². The van der Waals surface area contributed by atoms with Gasteiger partial charge in [-0.2, -0.15) is 0 Å². The lowest BCUT2D eigenvalue weighted by Gasteiger charge is -2.13. The first-order valence-electron chi connectivity index (χ1n) is 5.39. The monoisotopic (exact) mass is 287 g/mol. The average molecular weight is 288 g/mol. The van der Waals surface area contributed by atoms with Crippen molar-refractivity contribution in [1.29, 1.82) is 0 Å². The van der Waals surface area contributed by atoms with Gasteiger partial charge in [0.1, 0.15) is 0 Å². The van der Waals surface area contributed by atoms with Crippen molar-refractivity contribution >= 4 is 15.9 Å². The second-order valence-corrected chi connectivity index (χ2v) is 4.74. The van der Waals surface area contributed by atoms with E-state index in [1.54, 1.807) is 0 Å². The fraction of sp³-hybridized carbons (Fsp3) is 0.500. The summed E-state index contributed by atoms with van der Waals surface area (Å²) < 4.78 is 5.73. The molecule has 0 bridgehead atoms. The Morgan fingerprint density at radius 1 is 1.50 bits per heavy atom. The number of methoxy groups -OCH3 is 1. The second-order valence-electron chi connectivity index (χ2n) is 3.88. The summed E-state index contributed by atoms with van der Waals surface area (Å²) in [7, 11) is 1.54. The van der Waals surface area contributed by atoms with E-state index in [0.29, 0.717) is 10.2 Å². The van der Waals surface area contributed by atoms with Gasteiger partial charge >= 0.3 is 0 Å². The largest absolute Gasteiger partial charge is 0.503 e. The van der Waals surface area contributed by atoms with E-state index in [1.165, 1.54) is 7.11 Å². The first-order chi connectivity index (χ1) is 7.58. The van der Waals surface area contributed by atoms with E-state index < -0.39 is 0 Å². The number of benzene rings is 1. The number of rotatable bonds is 5. The number of phenolic OH excluding ortho intramolecular Hbond substituents is 1. The van der Waals surface area contributed by atoms with Crippen LogP contribution in [0.4, 0.5) is 0 Å². The van der Waals surface area contributed by atoms with Crippen LogP contribution in [0.2, 0.25) is 0 Å². The van der Waals surface area contributed by atoms with E-state index in [4.69, 9.17) is 10.5 Å². The van der Waals surface area contributed by atoms with Gasteiger partial charge in [-0.05, 0) is 46.5 Å². The van der Waals surface area contributed by atoms with E-state index >= 15 is 0 Å². The van der Waals surface area contributed by atoms with Crippen molar-refractivity contribution in [1.82, 2.24) is 0 Å². The van der Waals surface area contributed by atoms with E-state index in [0.717, 1.165) is 24.8 Å². The Balaban J connectivity index is 2.85.